The van der Waals surface area contributed by atoms with E-state index in [-0.39, 0.29) is 43.0 Å². The molecule has 1 saturated carbocycles. The number of Topliss-reactive ketones (excluding diaryl/α,β-unsaturated/α-hetero) is 1. The Labute approximate surface area is 310 Å². The van der Waals surface area contributed by atoms with E-state index >= 15 is 0 Å². The summed E-state index contributed by atoms with van der Waals surface area (Å²) in [5.41, 5.74) is 2.94. The highest BCUT2D eigenvalue weighted by Gasteiger charge is 2.54. The maximum absolute atomic E-state index is 14.9. The number of rotatable bonds is 18. The molecular formula is C44H56O8. The summed E-state index contributed by atoms with van der Waals surface area (Å²) in [6.07, 6.45) is 5.24. The van der Waals surface area contributed by atoms with Crippen molar-refractivity contribution in [2.24, 2.45) is 23.2 Å². The topological polar surface area (TPSA) is 81.7 Å². The molecule has 3 aromatic rings. The normalized spacial score (nSPS) is 24.0. The first-order valence-corrected chi connectivity index (χ1v) is 18.3. The molecule has 0 spiro atoms. The van der Waals surface area contributed by atoms with Crippen molar-refractivity contribution >= 4 is 5.78 Å². The standard InChI is InChI=1S/C44H56O8/c1-8-40(50-27-34-16-22-37(48-7)23-17-34)44(52-28-32-12-10-9-11-13-32,29-49-26-33-14-20-36(47-6)21-15-33)38-24-18-35-19-25-39(43(35,3)4)42(51-30-46-5)41(45)31(38)2/h8-18,20-23,31,38-40,42H,1,19,24-30H2,2-7H3/b35-18+/t31-,38+,39+,40-,42-,44-/m1/s1. The van der Waals surface area contributed by atoms with Crippen LogP contribution in [0.2, 0.25) is 0 Å². The van der Waals surface area contributed by atoms with Crippen LogP contribution in [0.15, 0.2) is 103 Å². The average molecular weight is 713 g/mol. The van der Waals surface area contributed by atoms with Crippen LogP contribution in [0.25, 0.3) is 0 Å². The summed E-state index contributed by atoms with van der Waals surface area (Å²) in [6, 6.07) is 25.7. The fourth-order valence-corrected chi connectivity index (χ4v) is 8.01. The van der Waals surface area contributed by atoms with E-state index in [1.807, 2.05) is 85.8 Å². The third-order valence-corrected chi connectivity index (χ3v) is 11.2. The van der Waals surface area contributed by atoms with Crippen LogP contribution in [0.5, 0.6) is 11.5 Å². The minimum absolute atomic E-state index is 0.0232. The van der Waals surface area contributed by atoms with Crippen LogP contribution in [-0.4, -0.2) is 58.3 Å². The van der Waals surface area contributed by atoms with Crippen molar-refractivity contribution < 1.29 is 38.0 Å². The molecule has 280 valence electrons. The fourth-order valence-electron chi connectivity index (χ4n) is 8.01. The van der Waals surface area contributed by atoms with Crippen LogP contribution < -0.4 is 9.47 Å². The summed E-state index contributed by atoms with van der Waals surface area (Å²) >= 11 is 0. The number of ketones is 1. The van der Waals surface area contributed by atoms with Crippen LogP contribution in [0, 0.1) is 23.2 Å². The highest BCUT2D eigenvalue weighted by atomic mass is 16.7. The summed E-state index contributed by atoms with van der Waals surface area (Å²) in [5.74, 6) is 0.754. The molecule has 2 aliphatic rings. The molecule has 0 amide bonds. The molecule has 6 atom stereocenters. The van der Waals surface area contributed by atoms with E-state index in [4.69, 9.17) is 33.2 Å². The van der Waals surface area contributed by atoms with Gasteiger partial charge in [-0.25, -0.2) is 0 Å². The van der Waals surface area contributed by atoms with E-state index in [2.05, 4.69) is 26.5 Å². The van der Waals surface area contributed by atoms with Crippen molar-refractivity contribution in [3.05, 3.63) is 120 Å². The first-order valence-electron chi connectivity index (χ1n) is 18.3. The average Bonchev–Trinajstić information content (AvgIpc) is 3.48. The van der Waals surface area contributed by atoms with E-state index in [0.29, 0.717) is 19.6 Å². The molecule has 5 rings (SSSR count). The van der Waals surface area contributed by atoms with Gasteiger partial charge in [0.05, 0.1) is 40.6 Å². The Balaban J connectivity index is 1.59. The Hall–Kier alpha value is -3.79. The van der Waals surface area contributed by atoms with Gasteiger partial charge in [-0.05, 0) is 65.6 Å². The molecule has 52 heavy (non-hydrogen) atoms. The van der Waals surface area contributed by atoms with E-state index in [1.165, 1.54) is 5.57 Å². The molecule has 3 aromatic carbocycles. The zero-order valence-electron chi connectivity index (χ0n) is 31.7. The lowest BCUT2D eigenvalue weighted by Gasteiger charge is -2.47. The zero-order valence-corrected chi connectivity index (χ0v) is 31.7. The smallest absolute Gasteiger partial charge is 0.165 e. The van der Waals surface area contributed by atoms with Gasteiger partial charge in [0.2, 0.25) is 0 Å². The number of carbonyl (C=O) groups is 1. The van der Waals surface area contributed by atoms with Crippen LogP contribution in [0.1, 0.15) is 56.7 Å². The second kappa shape index (κ2) is 18.3. The van der Waals surface area contributed by atoms with Crippen molar-refractivity contribution in [3.63, 3.8) is 0 Å². The predicted octanol–water partition coefficient (Wildman–Crippen LogP) is 8.52. The molecule has 2 bridgehead atoms. The molecule has 0 saturated heterocycles. The van der Waals surface area contributed by atoms with E-state index in [1.54, 1.807) is 27.4 Å². The minimum atomic E-state index is -1.14. The molecule has 0 unspecified atom stereocenters. The monoisotopic (exact) mass is 712 g/mol. The second-order valence-electron chi connectivity index (χ2n) is 14.5. The third kappa shape index (κ3) is 9.04. The van der Waals surface area contributed by atoms with Crippen molar-refractivity contribution in [1.82, 2.24) is 0 Å². The van der Waals surface area contributed by atoms with E-state index in [9.17, 15) is 4.79 Å². The molecular weight excluding hydrogens is 656 g/mol. The first-order chi connectivity index (χ1) is 25.2. The lowest BCUT2D eigenvalue weighted by molar-refractivity contribution is -0.210. The van der Waals surface area contributed by atoms with Gasteiger partial charge in [0.15, 0.2) is 5.78 Å². The van der Waals surface area contributed by atoms with Gasteiger partial charge in [-0.1, -0.05) is 93.1 Å². The number of fused-ring (bicyclic) bond motifs is 2. The molecule has 0 aromatic heterocycles. The number of carbonyl (C=O) groups excluding carboxylic acids is 1. The minimum Gasteiger partial charge on any atom is -0.497 e. The highest BCUT2D eigenvalue weighted by molar-refractivity contribution is 5.86. The van der Waals surface area contributed by atoms with Gasteiger partial charge in [-0.3, -0.25) is 4.79 Å². The van der Waals surface area contributed by atoms with Crippen LogP contribution in [-0.2, 0) is 48.3 Å². The summed E-state index contributed by atoms with van der Waals surface area (Å²) in [4.78, 5) is 14.9. The largest absolute Gasteiger partial charge is 0.497 e. The first kappa shape index (κ1) is 39.4. The van der Waals surface area contributed by atoms with Crippen molar-refractivity contribution in [2.75, 3.05) is 34.7 Å². The Morgan fingerprint density at radius 1 is 0.865 bits per heavy atom. The summed E-state index contributed by atoms with van der Waals surface area (Å²) in [6.45, 7) is 11.9. The molecule has 8 nitrogen and oxygen atoms in total. The fraction of sp³-hybridized carbons (Fsp3) is 0.477. The third-order valence-electron chi connectivity index (χ3n) is 11.2. The van der Waals surface area contributed by atoms with Crippen molar-refractivity contribution in [1.29, 1.82) is 0 Å². The van der Waals surface area contributed by atoms with Gasteiger partial charge in [-0.15, -0.1) is 6.58 Å². The molecule has 0 radical (unpaired) electrons. The van der Waals surface area contributed by atoms with Gasteiger partial charge in [0.1, 0.15) is 36.1 Å². The van der Waals surface area contributed by atoms with Crippen LogP contribution in [0.3, 0.4) is 0 Å². The Morgan fingerprint density at radius 3 is 2.08 bits per heavy atom. The predicted molar refractivity (Wildman–Crippen MR) is 202 cm³/mol. The molecule has 0 heterocycles. The molecule has 8 heteroatoms. The Bertz CT molecular complexity index is 1600. The van der Waals surface area contributed by atoms with Crippen LogP contribution in [0.4, 0.5) is 0 Å². The zero-order chi connectivity index (χ0) is 37.1. The number of methoxy groups -OCH3 is 3. The van der Waals surface area contributed by atoms with Gasteiger partial charge in [0.25, 0.3) is 0 Å². The summed E-state index contributed by atoms with van der Waals surface area (Å²) in [5, 5.41) is 0. The van der Waals surface area contributed by atoms with E-state index in [0.717, 1.165) is 41.0 Å². The molecule has 0 N–H and O–H groups in total. The Morgan fingerprint density at radius 2 is 1.48 bits per heavy atom. The number of hydrogen-bond donors (Lipinski definition) is 0. The second-order valence-corrected chi connectivity index (χ2v) is 14.5. The van der Waals surface area contributed by atoms with Gasteiger partial charge < -0.3 is 33.2 Å². The maximum atomic E-state index is 14.9. The van der Waals surface area contributed by atoms with Gasteiger partial charge in [-0.2, -0.15) is 0 Å². The quantitative estimate of drug-likeness (QED) is 0.0960. The highest BCUT2D eigenvalue weighted by Crippen LogP contribution is 2.52. The molecule has 1 fully saturated rings. The number of benzene rings is 3. The SMILES string of the molecule is C=C[C@@H](OCc1ccc(OC)cc1)[C@](COCc1ccc(OC)cc1)(OCc1ccccc1)[C@H]1C/C=C2\CC[C@@H]([C@@H](OCOC)C(=O)[C@@H]1C)C2(C)C. The van der Waals surface area contributed by atoms with Gasteiger partial charge >= 0.3 is 0 Å². The maximum Gasteiger partial charge on any atom is 0.165 e. The molecule has 2 aliphatic carbocycles. The van der Waals surface area contributed by atoms with Crippen molar-refractivity contribution in [2.45, 2.75) is 77.7 Å². The number of hydrogen-bond acceptors (Lipinski definition) is 8. The van der Waals surface area contributed by atoms with E-state index < -0.39 is 23.7 Å². The number of allylic oxidation sites excluding steroid dienone is 2. The lowest BCUT2D eigenvalue weighted by atomic mass is 9.70. The van der Waals surface area contributed by atoms with Gasteiger partial charge in [0, 0.05) is 24.9 Å². The van der Waals surface area contributed by atoms with Crippen LogP contribution >= 0.6 is 0 Å². The summed E-state index contributed by atoms with van der Waals surface area (Å²) in [7, 11) is 4.89. The molecule has 0 aliphatic heterocycles. The lowest BCUT2D eigenvalue weighted by Crippen LogP contribution is -2.58. The van der Waals surface area contributed by atoms with Crippen molar-refractivity contribution in [3.8, 4) is 11.5 Å². The number of ether oxygens (including phenoxy) is 7. The Kier molecular flexibility index (Phi) is 13.9. The summed E-state index contributed by atoms with van der Waals surface area (Å²) < 4.78 is 43.1.